The van der Waals surface area contributed by atoms with Crippen molar-refractivity contribution in [1.29, 1.82) is 0 Å². The quantitative estimate of drug-likeness (QED) is 0.573. The summed E-state index contributed by atoms with van der Waals surface area (Å²) in [5.74, 6) is 3.02. The third kappa shape index (κ3) is 4.58. The van der Waals surface area contributed by atoms with E-state index in [0.29, 0.717) is 24.4 Å². The number of terminal acetylenes is 1. The van der Waals surface area contributed by atoms with Crippen LogP contribution in [0.1, 0.15) is 6.42 Å². The Labute approximate surface area is 101 Å². The lowest BCUT2D eigenvalue weighted by molar-refractivity contribution is -0.115. The van der Waals surface area contributed by atoms with Crippen LogP contribution in [0.4, 0.5) is 5.69 Å². The number of rotatable bonds is 6. The second-order valence-corrected chi connectivity index (χ2v) is 3.38. The maximum absolute atomic E-state index is 11.6. The Balaban J connectivity index is 2.42. The van der Waals surface area contributed by atoms with Gasteiger partial charge >= 0.3 is 0 Å². The molecule has 4 nitrogen and oxygen atoms in total. The average molecular weight is 232 g/mol. The minimum atomic E-state index is -0.119. The lowest BCUT2D eigenvalue weighted by Crippen LogP contribution is -2.28. The lowest BCUT2D eigenvalue weighted by Gasteiger charge is -2.09. The minimum Gasteiger partial charge on any atom is -0.495 e. The number of benzene rings is 1. The van der Waals surface area contributed by atoms with E-state index in [1.54, 1.807) is 19.2 Å². The third-order valence-electron chi connectivity index (χ3n) is 2.11. The predicted molar refractivity (Wildman–Crippen MR) is 67.9 cm³/mol. The zero-order chi connectivity index (χ0) is 12.5. The highest BCUT2D eigenvalue weighted by Gasteiger charge is 2.05. The zero-order valence-corrected chi connectivity index (χ0v) is 9.82. The van der Waals surface area contributed by atoms with Gasteiger partial charge in [0.15, 0.2) is 0 Å². The molecule has 17 heavy (non-hydrogen) atoms. The van der Waals surface area contributed by atoms with Gasteiger partial charge in [0.2, 0.25) is 5.91 Å². The molecule has 4 heteroatoms. The fourth-order valence-corrected chi connectivity index (χ4v) is 1.30. The summed E-state index contributed by atoms with van der Waals surface area (Å²) >= 11 is 0. The predicted octanol–water partition coefficient (Wildman–Crippen LogP) is 1.25. The van der Waals surface area contributed by atoms with E-state index in [-0.39, 0.29) is 12.5 Å². The van der Waals surface area contributed by atoms with Crippen molar-refractivity contribution in [3.63, 3.8) is 0 Å². The van der Waals surface area contributed by atoms with Gasteiger partial charge in [-0.05, 0) is 12.1 Å². The highest BCUT2D eigenvalue weighted by molar-refractivity contribution is 5.93. The molecule has 0 radical (unpaired) electrons. The third-order valence-corrected chi connectivity index (χ3v) is 2.11. The van der Waals surface area contributed by atoms with Crippen LogP contribution in [0.2, 0.25) is 0 Å². The second kappa shape index (κ2) is 7.31. The number of carbonyl (C=O) groups is 1. The van der Waals surface area contributed by atoms with E-state index < -0.39 is 0 Å². The standard InChI is InChI=1S/C13H16N2O2/c1-3-4-9-14-10-13(16)15-11-7-5-6-8-12(11)17-2/h1,5-8,14H,4,9-10H2,2H3,(H,15,16). The van der Waals surface area contributed by atoms with Gasteiger partial charge in [-0.2, -0.15) is 0 Å². The molecular weight excluding hydrogens is 216 g/mol. The number of ether oxygens (including phenoxy) is 1. The number of anilines is 1. The maximum atomic E-state index is 11.6. The molecule has 0 unspecified atom stereocenters. The summed E-state index contributed by atoms with van der Waals surface area (Å²) in [5.41, 5.74) is 0.666. The van der Waals surface area contributed by atoms with Crippen molar-refractivity contribution in [3.8, 4) is 18.1 Å². The Morgan fingerprint density at radius 1 is 1.47 bits per heavy atom. The molecule has 0 bridgehead atoms. The molecule has 0 aliphatic carbocycles. The van der Waals surface area contributed by atoms with Gasteiger partial charge in [0.25, 0.3) is 0 Å². The molecule has 2 N–H and O–H groups in total. The van der Waals surface area contributed by atoms with E-state index in [1.807, 2.05) is 12.1 Å². The fourth-order valence-electron chi connectivity index (χ4n) is 1.30. The summed E-state index contributed by atoms with van der Waals surface area (Å²) < 4.78 is 5.13. The molecule has 0 atom stereocenters. The van der Waals surface area contributed by atoms with Gasteiger partial charge in [-0.1, -0.05) is 12.1 Å². The molecule has 90 valence electrons. The van der Waals surface area contributed by atoms with Crippen molar-refractivity contribution in [2.45, 2.75) is 6.42 Å². The first-order valence-electron chi connectivity index (χ1n) is 5.35. The number of hydrogen-bond acceptors (Lipinski definition) is 3. The number of amides is 1. The first-order chi connectivity index (χ1) is 8.27. The fraction of sp³-hybridized carbons (Fsp3) is 0.308. The summed E-state index contributed by atoms with van der Waals surface area (Å²) in [5, 5.41) is 5.71. The maximum Gasteiger partial charge on any atom is 0.238 e. The molecule has 0 heterocycles. The zero-order valence-electron chi connectivity index (χ0n) is 9.82. The summed E-state index contributed by atoms with van der Waals surface area (Å²) in [7, 11) is 1.57. The monoisotopic (exact) mass is 232 g/mol. The van der Waals surface area contributed by atoms with Crippen LogP contribution < -0.4 is 15.4 Å². The van der Waals surface area contributed by atoms with E-state index in [2.05, 4.69) is 16.6 Å². The second-order valence-electron chi connectivity index (χ2n) is 3.38. The smallest absolute Gasteiger partial charge is 0.238 e. The molecule has 0 saturated carbocycles. The summed E-state index contributed by atoms with van der Waals surface area (Å²) in [6.45, 7) is 0.871. The molecule has 0 fully saturated rings. The van der Waals surface area contributed by atoms with Crippen molar-refractivity contribution in [2.24, 2.45) is 0 Å². The summed E-state index contributed by atoms with van der Waals surface area (Å²) in [6.07, 6.45) is 5.71. The van der Waals surface area contributed by atoms with Crippen molar-refractivity contribution in [2.75, 3.05) is 25.5 Å². The molecule has 0 aliphatic rings. The molecule has 1 amide bonds. The van der Waals surface area contributed by atoms with Crippen molar-refractivity contribution in [3.05, 3.63) is 24.3 Å². The Kier molecular flexibility index (Phi) is 5.62. The van der Waals surface area contributed by atoms with E-state index in [9.17, 15) is 4.79 Å². The summed E-state index contributed by atoms with van der Waals surface area (Å²) in [4.78, 5) is 11.6. The van der Waals surface area contributed by atoms with Crippen molar-refractivity contribution in [1.82, 2.24) is 5.32 Å². The van der Waals surface area contributed by atoms with E-state index >= 15 is 0 Å². The normalized spacial score (nSPS) is 9.41. The number of hydrogen-bond donors (Lipinski definition) is 2. The lowest BCUT2D eigenvalue weighted by atomic mass is 10.3. The Morgan fingerprint density at radius 2 is 2.24 bits per heavy atom. The number of carbonyl (C=O) groups excluding carboxylic acids is 1. The average Bonchev–Trinajstić information content (AvgIpc) is 2.35. The van der Waals surface area contributed by atoms with Crippen LogP contribution in [-0.2, 0) is 4.79 Å². The van der Waals surface area contributed by atoms with E-state index in [0.717, 1.165) is 0 Å². The molecule has 0 aliphatic heterocycles. The van der Waals surface area contributed by atoms with Gasteiger partial charge in [0, 0.05) is 13.0 Å². The first kappa shape index (κ1) is 13.1. The van der Waals surface area contributed by atoms with Gasteiger partial charge in [0.1, 0.15) is 5.75 Å². The molecule has 0 aromatic heterocycles. The molecule has 1 rings (SSSR count). The Hall–Kier alpha value is -1.99. The molecular formula is C13H16N2O2. The number of para-hydroxylation sites is 2. The van der Waals surface area contributed by atoms with Crippen LogP contribution in [0, 0.1) is 12.3 Å². The van der Waals surface area contributed by atoms with E-state index in [4.69, 9.17) is 11.2 Å². The number of nitrogens with one attached hydrogen (secondary N) is 2. The molecule has 1 aromatic carbocycles. The van der Waals surface area contributed by atoms with Crippen molar-refractivity contribution < 1.29 is 9.53 Å². The van der Waals surface area contributed by atoms with Gasteiger partial charge in [-0.25, -0.2) is 0 Å². The van der Waals surface area contributed by atoms with Crippen LogP contribution in [0.5, 0.6) is 5.75 Å². The largest absolute Gasteiger partial charge is 0.495 e. The Morgan fingerprint density at radius 3 is 2.94 bits per heavy atom. The van der Waals surface area contributed by atoms with Crippen molar-refractivity contribution >= 4 is 11.6 Å². The van der Waals surface area contributed by atoms with Crippen LogP contribution >= 0.6 is 0 Å². The van der Waals surface area contributed by atoms with Gasteiger partial charge < -0.3 is 15.4 Å². The van der Waals surface area contributed by atoms with Gasteiger partial charge in [-0.3, -0.25) is 4.79 Å². The molecule has 0 spiro atoms. The van der Waals surface area contributed by atoms with Crippen LogP contribution in [0.25, 0.3) is 0 Å². The van der Waals surface area contributed by atoms with Crippen LogP contribution in [0.3, 0.4) is 0 Å². The highest BCUT2D eigenvalue weighted by Crippen LogP contribution is 2.22. The minimum absolute atomic E-state index is 0.119. The topological polar surface area (TPSA) is 50.4 Å². The molecule has 0 saturated heterocycles. The van der Waals surface area contributed by atoms with Gasteiger partial charge in [0.05, 0.1) is 19.3 Å². The van der Waals surface area contributed by atoms with Gasteiger partial charge in [-0.15, -0.1) is 12.3 Å². The molecule has 1 aromatic rings. The number of methoxy groups -OCH3 is 1. The van der Waals surface area contributed by atoms with Crippen LogP contribution in [0.15, 0.2) is 24.3 Å². The highest BCUT2D eigenvalue weighted by atomic mass is 16.5. The van der Waals surface area contributed by atoms with E-state index in [1.165, 1.54) is 0 Å². The SMILES string of the molecule is C#CCCNCC(=O)Nc1ccccc1OC. The first-order valence-corrected chi connectivity index (χ1v) is 5.35. The van der Waals surface area contributed by atoms with Crippen LogP contribution in [-0.4, -0.2) is 26.1 Å². The summed E-state index contributed by atoms with van der Waals surface area (Å²) in [6, 6.07) is 7.27. The Bertz CT molecular complexity index is 410.